The fourth-order valence-corrected chi connectivity index (χ4v) is 6.05. The molecule has 0 saturated heterocycles. The van der Waals surface area contributed by atoms with Crippen LogP contribution in [0.3, 0.4) is 0 Å². The summed E-state index contributed by atoms with van der Waals surface area (Å²) in [4.78, 5) is 40.4. The van der Waals surface area contributed by atoms with E-state index in [2.05, 4.69) is 15.5 Å². The molecule has 0 radical (unpaired) electrons. The molecule has 0 saturated carbocycles. The maximum Gasteiger partial charge on any atom is 0.341 e. The van der Waals surface area contributed by atoms with E-state index >= 15 is 0 Å². The Balaban J connectivity index is 1.48. The molecule has 0 bridgehead atoms. The summed E-state index contributed by atoms with van der Waals surface area (Å²) >= 11 is 1.41. The van der Waals surface area contributed by atoms with Gasteiger partial charge in [-0.3, -0.25) is 9.59 Å². The molecule has 37 heavy (non-hydrogen) atoms. The summed E-state index contributed by atoms with van der Waals surface area (Å²) in [5.74, 6) is -0.864. The van der Waals surface area contributed by atoms with E-state index in [1.165, 1.54) is 11.3 Å². The molecular formula is C27H29N5O4S. The van der Waals surface area contributed by atoms with Gasteiger partial charge in [-0.25, -0.2) is 14.2 Å². The molecule has 1 amide bonds. The second kappa shape index (κ2) is 9.93. The zero-order valence-corrected chi connectivity index (χ0v) is 22.2. The van der Waals surface area contributed by atoms with Crippen LogP contribution in [-0.4, -0.2) is 38.0 Å². The number of anilines is 1. The Labute approximate surface area is 218 Å². The normalized spacial score (nSPS) is 13.0. The molecule has 0 fully saturated rings. The van der Waals surface area contributed by atoms with Gasteiger partial charge in [0.2, 0.25) is 5.91 Å². The topological polar surface area (TPSA) is 108 Å². The van der Waals surface area contributed by atoms with Crippen molar-refractivity contribution in [2.45, 2.75) is 59.9 Å². The number of nitrogens with one attached hydrogen (secondary N) is 1. The van der Waals surface area contributed by atoms with E-state index in [0.717, 1.165) is 57.6 Å². The van der Waals surface area contributed by atoms with Crippen LogP contribution >= 0.6 is 11.3 Å². The number of fused-ring (bicyclic) bond motifs is 2. The lowest BCUT2D eigenvalue weighted by molar-refractivity contribution is -0.116. The van der Waals surface area contributed by atoms with Crippen molar-refractivity contribution in [2.75, 3.05) is 11.9 Å². The zero-order valence-electron chi connectivity index (χ0n) is 21.4. The summed E-state index contributed by atoms with van der Waals surface area (Å²) in [5, 5.41) is 12.8. The maximum atomic E-state index is 13.5. The number of benzene rings is 1. The quantitative estimate of drug-likeness (QED) is 0.381. The summed E-state index contributed by atoms with van der Waals surface area (Å²) in [6.45, 7) is 7.54. The Morgan fingerprint density at radius 1 is 1.14 bits per heavy atom. The fraction of sp³-hybridized carbons (Fsp3) is 0.370. The molecule has 1 aliphatic rings. The molecule has 0 aliphatic heterocycles. The lowest BCUT2D eigenvalue weighted by Gasteiger charge is -2.12. The highest BCUT2D eigenvalue weighted by atomic mass is 32.1. The van der Waals surface area contributed by atoms with Gasteiger partial charge >= 0.3 is 5.97 Å². The number of rotatable bonds is 6. The van der Waals surface area contributed by atoms with Crippen LogP contribution in [0.15, 0.2) is 29.2 Å². The molecule has 1 N–H and O–H groups in total. The summed E-state index contributed by atoms with van der Waals surface area (Å²) in [7, 11) is 0. The highest BCUT2D eigenvalue weighted by molar-refractivity contribution is 7.17. The Kier molecular flexibility index (Phi) is 6.68. The number of carbonyl (C=O) groups excluding carboxylic acids is 2. The van der Waals surface area contributed by atoms with Gasteiger partial charge in [-0.2, -0.15) is 10.2 Å². The summed E-state index contributed by atoms with van der Waals surface area (Å²) in [6.07, 6.45) is 5.34. The number of amides is 1. The highest BCUT2D eigenvalue weighted by Gasteiger charge is 2.27. The molecular weight excluding hydrogens is 490 g/mol. The molecule has 1 aliphatic carbocycles. The van der Waals surface area contributed by atoms with Gasteiger partial charge in [0.25, 0.3) is 5.56 Å². The van der Waals surface area contributed by atoms with E-state index in [-0.39, 0.29) is 13.2 Å². The molecule has 0 atom stereocenters. The van der Waals surface area contributed by atoms with Gasteiger partial charge in [-0.15, -0.1) is 11.3 Å². The highest BCUT2D eigenvalue weighted by Crippen LogP contribution is 2.38. The number of aryl methyl sites for hydroxylation is 4. The van der Waals surface area contributed by atoms with Crippen LogP contribution in [0.5, 0.6) is 0 Å². The molecule has 10 heteroatoms. The Morgan fingerprint density at radius 3 is 2.68 bits per heavy atom. The minimum Gasteiger partial charge on any atom is -0.462 e. The van der Waals surface area contributed by atoms with E-state index in [1.54, 1.807) is 24.7 Å². The minimum absolute atomic E-state index is 0.254. The third-order valence-corrected chi connectivity index (χ3v) is 8.01. The number of hydrogen-bond acceptors (Lipinski definition) is 7. The van der Waals surface area contributed by atoms with E-state index < -0.39 is 17.4 Å². The summed E-state index contributed by atoms with van der Waals surface area (Å²) in [6, 6.07) is 5.87. The van der Waals surface area contributed by atoms with E-state index in [1.807, 2.05) is 32.0 Å². The van der Waals surface area contributed by atoms with Gasteiger partial charge in [0.15, 0.2) is 0 Å². The number of aromatic nitrogens is 4. The molecule has 192 valence electrons. The molecule has 4 aromatic rings. The Hall–Kier alpha value is -3.79. The van der Waals surface area contributed by atoms with Crippen LogP contribution in [0.25, 0.3) is 16.6 Å². The number of nitrogens with zero attached hydrogens (tertiary/aromatic N) is 4. The van der Waals surface area contributed by atoms with Gasteiger partial charge in [-0.1, -0.05) is 6.07 Å². The Morgan fingerprint density at radius 2 is 1.92 bits per heavy atom. The van der Waals surface area contributed by atoms with Crippen molar-refractivity contribution in [1.82, 2.24) is 19.6 Å². The standard InChI is InChI=1S/C27H29N5O4S/c1-5-36-27(35)23-19-8-6-7-9-21(19)37-25(23)29-22(33)14-31-26(34)24-20(17(4)30-31)13-28-32(24)18-11-10-15(2)16(3)12-18/h10-13H,5-9,14H2,1-4H3,(H,29,33). The monoisotopic (exact) mass is 519 g/mol. The van der Waals surface area contributed by atoms with Gasteiger partial charge in [0.05, 0.1) is 29.7 Å². The number of hydrogen-bond donors (Lipinski definition) is 1. The van der Waals surface area contributed by atoms with Crippen LogP contribution in [0.1, 0.15) is 57.4 Å². The third kappa shape index (κ3) is 4.57. The number of thiophene rings is 1. The molecule has 3 aromatic heterocycles. The minimum atomic E-state index is -0.435. The lowest BCUT2D eigenvalue weighted by Crippen LogP contribution is -2.31. The largest absolute Gasteiger partial charge is 0.462 e. The smallest absolute Gasteiger partial charge is 0.341 e. The van der Waals surface area contributed by atoms with Gasteiger partial charge in [0, 0.05) is 10.3 Å². The summed E-state index contributed by atoms with van der Waals surface area (Å²) < 4.78 is 8.03. The van der Waals surface area contributed by atoms with Gasteiger partial charge in [-0.05, 0) is 82.2 Å². The second-order valence-electron chi connectivity index (χ2n) is 9.32. The first-order chi connectivity index (χ1) is 17.8. The first kappa shape index (κ1) is 24.9. The average Bonchev–Trinajstić information content (AvgIpc) is 3.46. The second-order valence-corrected chi connectivity index (χ2v) is 10.4. The van der Waals surface area contributed by atoms with Crippen molar-refractivity contribution < 1.29 is 14.3 Å². The average molecular weight is 520 g/mol. The van der Waals surface area contributed by atoms with Crippen LogP contribution in [0, 0.1) is 20.8 Å². The van der Waals surface area contributed by atoms with Crippen molar-refractivity contribution in [3.05, 3.63) is 67.6 Å². The third-order valence-electron chi connectivity index (χ3n) is 6.80. The molecule has 1 aromatic carbocycles. The van der Waals surface area contributed by atoms with Crippen molar-refractivity contribution >= 4 is 39.1 Å². The van der Waals surface area contributed by atoms with E-state index in [0.29, 0.717) is 27.2 Å². The molecule has 3 heterocycles. The molecule has 0 spiro atoms. The molecule has 9 nitrogen and oxygen atoms in total. The lowest BCUT2D eigenvalue weighted by atomic mass is 9.95. The van der Waals surface area contributed by atoms with Crippen molar-refractivity contribution in [1.29, 1.82) is 0 Å². The van der Waals surface area contributed by atoms with Gasteiger partial charge in [0.1, 0.15) is 17.1 Å². The van der Waals surface area contributed by atoms with E-state index in [4.69, 9.17) is 4.74 Å². The zero-order chi connectivity index (χ0) is 26.3. The maximum absolute atomic E-state index is 13.5. The SMILES string of the molecule is CCOC(=O)c1c(NC(=O)Cn2nc(C)c3cnn(-c4ccc(C)c(C)c4)c3c2=O)sc2c1CCCC2. The number of esters is 1. The fourth-order valence-electron chi connectivity index (χ4n) is 4.76. The number of ether oxygens (including phenoxy) is 1. The first-order valence-electron chi connectivity index (χ1n) is 12.4. The van der Waals surface area contributed by atoms with Crippen LogP contribution in [0.4, 0.5) is 5.00 Å². The van der Waals surface area contributed by atoms with Crippen LogP contribution in [0.2, 0.25) is 0 Å². The molecule has 0 unspecified atom stereocenters. The predicted octanol–water partition coefficient (Wildman–Crippen LogP) is 4.26. The van der Waals surface area contributed by atoms with Crippen molar-refractivity contribution in [3.63, 3.8) is 0 Å². The van der Waals surface area contributed by atoms with Crippen molar-refractivity contribution in [2.24, 2.45) is 0 Å². The Bertz CT molecular complexity index is 1600. The molecule has 5 rings (SSSR count). The summed E-state index contributed by atoms with van der Waals surface area (Å²) in [5.41, 5.74) is 4.94. The predicted molar refractivity (Wildman–Crippen MR) is 143 cm³/mol. The van der Waals surface area contributed by atoms with E-state index in [9.17, 15) is 14.4 Å². The van der Waals surface area contributed by atoms with Crippen LogP contribution < -0.4 is 10.9 Å². The number of carbonyl (C=O) groups is 2. The van der Waals surface area contributed by atoms with Gasteiger partial charge < -0.3 is 10.1 Å². The van der Waals surface area contributed by atoms with Crippen LogP contribution in [-0.2, 0) is 28.9 Å². The first-order valence-corrected chi connectivity index (χ1v) is 13.2. The van der Waals surface area contributed by atoms with Crippen molar-refractivity contribution in [3.8, 4) is 5.69 Å².